The predicted molar refractivity (Wildman–Crippen MR) is 68.9 cm³/mol. The van der Waals surface area contributed by atoms with Crippen molar-refractivity contribution in [1.82, 2.24) is 0 Å². The van der Waals surface area contributed by atoms with Crippen molar-refractivity contribution in [3.8, 4) is 5.75 Å². The van der Waals surface area contributed by atoms with Gasteiger partial charge in [-0.1, -0.05) is 31.5 Å². The summed E-state index contributed by atoms with van der Waals surface area (Å²) < 4.78 is 5.82. The van der Waals surface area contributed by atoms with Gasteiger partial charge in [-0.15, -0.1) is 0 Å². The van der Waals surface area contributed by atoms with Crippen LogP contribution in [0.25, 0.3) is 0 Å². The SMILES string of the molecule is CCCOc1c(C)cc(C)cc1C(N)CC. The molecule has 0 fully saturated rings. The molecule has 0 aromatic heterocycles. The molecule has 1 unspecified atom stereocenters. The van der Waals surface area contributed by atoms with E-state index in [1.54, 1.807) is 0 Å². The van der Waals surface area contributed by atoms with Crippen LogP contribution in [0, 0.1) is 13.8 Å². The van der Waals surface area contributed by atoms with E-state index in [1.165, 1.54) is 11.1 Å². The standard InChI is InChI=1S/C14H23NO/c1-5-7-16-14-11(4)8-10(3)9-12(14)13(15)6-2/h8-9,13H,5-7,15H2,1-4H3. The van der Waals surface area contributed by atoms with Gasteiger partial charge in [0.05, 0.1) is 6.61 Å². The number of benzene rings is 1. The Morgan fingerprint density at radius 3 is 2.50 bits per heavy atom. The molecule has 0 saturated heterocycles. The highest BCUT2D eigenvalue weighted by Crippen LogP contribution is 2.30. The van der Waals surface area contributed by atoms with Crippen LogP contribution < -0.4 is 10.5 Å². The van der Waals surface area contributed by atoms with Crippen molar-refractivity contribution < 1.29 is 4.74 Å². The van der Waals surface area contributed by atoms with Gasteiger partial charge in [-0.25, -0.2) is 0 Å². The van der Waals surface area contributed by atoms with Crippen molar-refractivity contribution in [1.29, 1.82) is 0 Å². The van der Waals surface area contributed by atoms with E-state index in [4.69, 9.17) is 10.5 Å². The molecule has 0 radical (unpaired) electrons. The summed E-state index contributed by atoms with van der Waals surface area (Å²) in [4.78, 5) is 0. The maximum atomic E-state index is 6.12. The minimum absolute atomic E-state index is 0.0745. The fourth-order valence-corrected chi connectivity index (χ4v) is 1.88. The topological polar surface area (TPSA) is 35.2 Å². The van der Waals surface area contributed by atoms with Gasteiger partial charge >= 0.3 is 0 Å². The zero-order valence-electron chi connectivity index (χ0n) is 10.8. The Morgan fingerprint density at radius 1 is 1.25 bits per heavy atom. The third-order valence-electron chi connectivity index (χ3n) is 2.74. The molecule has 1 atom stereocenters. The van der Waals surface area contributed by atoms with Crippen molar-refractivity contribution in [2.75, 3.05) is 6.61 Å². The first kappa shape index (κ1) is 13.0. The minimum atomic E-state index is 0.0745. The first-order valence-electron chi connectivity index (χ1n) is 6.09. The number of nitrogens with two attached hydrogens (primary N) is 1. The van der Waals surface area contributed by atoms with E-state index in [1.807, 2.05) is 0 Å². The summed E-state index contributed by atoms with van der Waals surface area (Å²) in [6.45, 7) is 9.16. The molecular weight excluding hydrogens is 198 g/mol. The molecule has 1 rings (SSSR count). The second-order valence-electron chi connectivity index (χ2n) is 4.36. The van der Waals surface area contributed by atoms with E-state index < -0.39 is 0 Å². The van der Waals surface area contributed by atoms with Gasteiger partial charge < -0.3 is 10.5 Å². The van der Waals surface area contributed by atoms with Crippen LogP contribution in [0.5, 0.6) is 5.75 Å². The average Bonchev–Trinajstić information content (AvgIpc) is 2.26. The highest BCUT2D eigenvalue weighted by Gasteiger charge is 2.13. The number of ether oxygens (including phenoxy) is 1. The maximum absolute atomic E-state index is 6.12. The average molecular weight is 221 g/mol. The molecule has 0 bridgehead atoms. The van der Waals surface area contributed by atoms with Crippen molar-refractivity contribution in [3.05, 3.63) is 28.8 Å². The lowest BCUT2D eigenvalue weighted by Crippen LogP contribution is -2.12. The van der Waals surface area contributed by atoms with Crippen LogP contribution in [-0.4, -0.2) is 6.61 Å². The maximum Gasteiger partial charge on any atom is 0.126 e. The summed E-state index contributed by atoms with van der Waals surface area (Å²) in [6.07, 6.45) is 1.96. The van der Waals surface area contributed by atoms with Crippen LogP contribution in [0.3, 0.4) is 0 Å². The molecule has 90 valence electrons. The number of rotatable bonds is 5. The molecule has 0 amide bonds. The quantitative estimate of drug-likeness (QED) is 0.826. The Balaban J connectivity index is 3.10. The van der Waals surface area contributed by atoms with Gasteiger partial charge in [-0.05, 0) is 32.3 Å². The molecule has 2 N–H and O–H groups in total. The van der Waals surface area contributed by atoms with E-state index in [2.05, 4.69) is 39.8 Å². The van der Waals surface area contributed by atoms with E-state index >= 15 is 0 Å². The summed E-state index contributed by atoms with van der Waals surface area (Å²) in [5, 5.41) is 0. The first-order chi connectivity index (χ1) is 7.60. The first-order valence-corrected chi connectivity index (χ1v) is 6.09. The zero-order chi connectivity index (χ0) is 12.1. The molecule has 0 aliphatic carbocycles. The van der Waals surface area contributed by atoms with Crippen molar-refractivity contribution in [2.45, 2.75) is 46.6 Å². The monoisotopic (exact) mass is 221 g/mol. The van der Waals surface area contributed by atoms with E-state index in [9.17, 15) is 0 Å². The second-order valence-corrected chi connectivity index (χ2v) is 4.36. The molecule has 1 aromatic carbocycles. The Kier molecular flexibility index (Phi) is 4.81. The second kappa shape index (κ2) is 5.90. The third-order valence-corrected chi connectivity index (χ3v) is 2.74. The molecule has 1 aromatic rings. The molecule has 2 heteroatoms. The fourth-order valence-electron chi connectivity index (χ4n) is 1.88. The predicted octanol–water partition coefficient (Wildman–Crippen LogP) is 3.50. The van der Waals surface area contributed by atoms with Crippen molar-refractivity contribution >= 4 is 0 Å². The van der Waals surface area contributed by atoms with Gasteiger partial charge in [0.15, 0.2) is 0 Å². The molecule has 0 spiro atoms. The summed E-state index contributed by atoms with van der Waals surface area (Å²) in [7, 11) is 0. The third kappa shape index (κ3) is 2.99. The lowest BCUT2D eigenvalue weighted by atomic mass is 9.98. The Morgan fingerprint density at radius 2 is 1.94 bits per heavy atom. The number of hydrogen-bond acceptors (Lipinski definition) is 2. The van der Waals surface area contributed by atoms with Gasteiger partial charge in [0.1, 0.15) is 5.75 Å². The lowest BCUT2D eigenvalue weighted by Gasteiger charge is -2.18. The highest BCUT2D eigenvalue weighted by molar-refractivity contribution is 5.45. The summed E-state index contributed by atoms with van der Waals surface area (Å²) >= 11 is 0. The van der Waals surface area contributed by atoms with Crippen LogP contribution in [0.15, 0.2) is 12.1 Å². The molecule has 0 heterocycles. The molecule has 0 aliphatic rings. The molecule has 0 saturated carbocycles. The Bertz CT molecular complexity index is 347. The lowest BCUT2D eigenvalue weighted by molar-refractivity contribution is 0.309. The molecule has 0 aliphatic heterocycles. The number of hydrogen-bond donors (Lipinski definition) is 1. The van der Waals surface area contributed by atoms with Gasteiger partial charge in [0.2, 0.25) is 0 Å². The smallest absolute Gasteiger partial charge is 0.126 e. The Hall–Kier alpha value is -1.02. The van der Waals surface area contributed by atoms with Crippen LogP contribution in [0.1, 0.15) is 49.4 Å². The van der Waals surface area contributed by atoms with E-state index in [-0.39, 0.29) is 6.04 Å². The highest BCUT2D eigenvalue weighted by atomic mass is 16.5. The zero-order valence-corrected chi connectivity index (χ0v) is 10.8. The largest absolute Gasteiger partial charge is 0.493 e. The van der Waals surface area contributed by atoms with Crippen LogP contribution in [0.4, 0.5) is 0 Å². The van der Waals surface area contributed by atoms with Crippen molar-refractivity contribution in [2.24, 2.45) is 5.73 Å². The van der Waals surface area contributed by atoms with Gasteiger partial charge in [0, 0.05) is 11.6 Å². The minimum Gasteiger partial charge on any atom is -0.493 e. The van der Waals surface area contributed by atoms with E-state index in [0.717, 1.165) is 30.8 Å². The van der Waals surface area contributed by atoms with Crippen LogP contribution in [-0.2, 0) is 0 Å². The summed E-state index contributed by atoms with van der Waals surface area (Å²) in [5.74, 6) is 0.988. The van der Waals surface area contributed by atoms with Gasteiger partial charge in [-0.3, -0.25) is 0 Å². The van der Waals surface area contributed by atoms with Crippen LogP contribution in [0.2, 0.25) is 0 Å². The van der Waals surface area contributed by atoms with Gasteiger partial charge in [0.25, 0.3) is 0 Å². The number of aryl methyl sites for hydroxylation is 2. The normalized spacial score (nSPS) is 12.6. The molecular formula is C14H23NO. The van der Waals surface area contributed by atoms with Gasteiger partial charge in [-0.2, -0.15) is 0 Å². The van der Waals surface area contributed by atoms with Crippen LogP contribution >= 0.6 is 0 Å². The van der Waals surface area contributed by atoms with E-state index in [0.29, 0.717) is 0 Å². The summed E-state index contributed by atoms with van der Waals surface area (Å²) in [6, 6.07) is 4.37. The Labute approximate surface area is 98.8 Å². The fraction of sp³-hybridized carbons (Fsp3) is 0.571. The molecule has 16 heavy (non-hydrogen) atoms. The molecule has 2 nitrogen and oxygen atoms in total. The summed E-state index contributed by atoms with van der Waals surface area (Å²) in [5.41, 5.74) is 9.71. The van der Waals surface area contributed by atoms with Crippen molar-refractivity contribution in [3.63, 3.8) is 0 Å².